The molecule has 1 spiro atoms. The van der Waals surface area contributed by atoms with Gasteiger partial charge in [0.2, 0.25) is 0 Å². The summed E-state index contributed by atoms with van der Waals surface area (Å²) in [6.07, 6.45) is 1.96. The van der Waals surface area contributed by atoms with Crippen LogP contribution in [0.4, 0.5) is 0 Å². The first-order chi connectivity index (χ1) is 7.49. The van der Waals surface area contributed by atoms with Crippen LogP contribution < -0.4 is 10.6 Å². The zero-order chi connectivity index (χ0) is 11.8. The van der Waals surface area contributed by atoms with Crippen LogP contribution >= 0.6 is 0 Å². The highest BCUT2D eigenvalue weighted by atomic mass is 16.5. The average molecular weight is 226 g/mol. The number of hydrogen-bond donors (Lipinski definition) is 2. The number of hydrogen-bond acceptors (Lipinski definition) is 3. The van der Waals surface area contributed by atoms with E-state index in [2.05, 4.69) is 10.6 Å². The second-order valence-corrected chi connectivity index (χ2v) is 5.48. The molecule has 2 rings (SSSR count). The molecule has 1 amide bonds. The van der Waals surface area contributed by atoms with E-state index in [0.29, 0.717) is 6.54 Å². The Morgan fingerprint density at radius 2 is 1.94 bits per heavy atom. The zero-order valence-corrected chi connectivity index (χ0v) is 10.4. The number of ether oxygens (including phenoxy) is 1. The summed E-state index contributed by atoms with van der Waals surface area (Å²) in [6, 6.07) is 0. The minimum absolute atomic E-state index is 0.0339. The van der Waals surface area contributed by atoms with Crippen molar-refractivity contribution in [2.75, 3.05) is 19.6 Å². The molecule has 16 heavy (non-hydrogen) atoms. The van der Waals surface area contributed by atoms with Crippen LogP contribution in [-0.4, -0.2) is 36.7 Å². The van der Waals surface area contributed by atoms with Gasteiger partial charge in [-0.2, -0.15) is 0 Å². The second-order valence-electron chi connectivity index (χ2n) is 5.48. The molecule has 0 saturated carbocycles. The Kier molecular flexibility index (Phi) is 2.97. The van der Waals surface area contributed by atoms with Crippen molar-refractivity contribution in [2.24, 2.45) is 5.92 Å². The Labute approximate surface area is 97.1 Å². The fourth-order valence-electron chi connectivity index (χ4n) is 2.49. The van der Waals surface area contributed by atoms with Gasteiger partial charge in [-0.3, -0.25) is 4.79 Å². The lowest BCUT2D eigenvalue weighted by atomic mass is 9.83. The van der Waals surface area contributed by atoms with E-state index in [-0.39, 0.29) is 17.4 Å². The molecule has 2 aliphatic rings. The van der Waals surface area contributed by atoms with Gasteiger partial charge < -0.3 is 15.4 Å². The molecule has 0 bridgehead atoms. The standard InChI is InChI=1S/C12H22N2O2/c1-9(2)11(3)10(15)14-8-12(16-11)4-6-13-7-5-12/h9,13H,4-8H2,1-3H3,(H,14,15). The maximum Gasteiger partial charge on any atom is 0.252 e. The summed E-state index contributed by atoms with van der Waals surface area (Å²) in [5, 5.41) is 6.35. The molecule has 92 valence electrons. The molecule has 4 heteroatoms. The monoisotopic (exact) mass is 226 g/mol. The number of amides is 1. The number of carbonyl (C=O) groups is 1. The van der Waals surface area contributed by atoms with Crippen LogP contribution in [0, 0.1) is 5.92 Å². The van der Waals surface area contributed by atoms with Gasteiger partial charge in [-0.25, -0.2) is 0 Å². The van der Waals surface area contributed by atoms with Crippen molar-refractivity contribution in [3.05, 3.63) is 0 Å². The molecule has 4 nitrogen and oxygen atoms in total. The van der Waals surface area contributed by atoms with Crippen LogP contribution in [0.15, 0.2) is 0 Å². The molecule has 0 radical (unpaired) electrons. The molecule has 0 aromatic heterocycles. The Balaban J connectivity index is 2.18. The van der Waals surface area contributed by atoms with Crippen LogP contribution in [0.1, 0.15) is 33.6 Å². The summed E-state index contributed by atoms with van der Waals surface area (Å²) >= 11 is 0. The first-order valence-corrected chi connectivity index (χ1v) is 6.18. The number of piperidine rings is 1. The van der Waals surface area contributed by atoms with Crippen molar-refractivity contribution in [1.82, 2.24) is 10.6 Å². The van der Waals surface area contributed by atoms with E-state index in [1.165, 1.54) is 0 Å². The van der Waals surface area contributed by atoms with Gasteiger partial charge in [0, 0.05) is 6.54 Å². The topological polar surface area (TPSA) is 50.4 Å². The van der Waals surface area contributed by atoms with Crippen molar-refractivity contribution in [3.63, 3.8) is 0 Å². The molecule has 0 aromatic carbocycles. The van der Waals surface area contributed by atoms with Gasteiger partial charge in [-0.1, -0.05) is 13.8 Å². The van der Waals surface area contributed by atoms with Gasteiger partial charge in [0.1, 0.15) is 5.60 Å². The van der Waals surface area contributed by atoms with Gasteiger partial charge in [0.15, 0.2) is 0 Å². The quantitative estimate of drug-likeness (QED) is 0.691. The summed E-state index contributed by atoms with van der Waals surface area (Å²) in [5.74, 6) is 0.228. The van der Waals surface area contributed by atoms with Crippen molar-refractivity contribution >= 4 is 5.91 Å². The van der Waals surface area contributed by atoms with E-state index >= 15 is 0 Å². The minimum Gasteiger partial charge on any atom is -0.357 e. The van der Waals surface area contributed by atoms with E-state index in [1.54, 1.807) is 0 Å². The predicted molar refractivity (Wildman–Crippen MR) is 62.2 cm³/mol. The predicted octanol–water partition coefficient (Wildman–Crippen LogP) is 0.670. The normalized spacial score (nSPS) is 34.1. The molecule has 2 saturated heterocycles. The van der Waals surface area contributed by atoms with Gasteiger partial charge >= 0.3 is 0 Å². The molecule has 0 aromatic rings. The van der Waals surface area contributed by atoms with E-state index in [1.807, 2.05) is 20.8 Å². The van der Waals surface area contributed by atoms with Crippen molar-refractivity contribution < 1.29 is 9.53 Å². The summed E-state index contributed by atoms with van der Waals surface area (Å²) < 4.78 is 6.22. The van der Waals surface area contributed by atoms with Gasteiger partial charge in [-0.05, 0) is 38.8 Å². The zero-order valence-electron chi connectivity index (χ0n) is 10.4. The summed E-state index contributed by atoms with van der Waals surface area (Å²) in [6.45, 7) is 8.61. The molecule has 2 heterocycles. The third-order valence-electron chi connectivity index (χ3n) is 4.07. The summed E-state index contributed by atoms with van der Waals surface area (Å²) in [4.78, 5) is 11.9. The summed E-state index contributed by atoms with van der Waals surface area (Å²) in [5.41, 5.74) is -0.812. The molecule has 1 atom stereocenters. The first-order valence-electron chi connectivity index (χ1n) is 6.18. The summed E-state index contributed by atoms with van der Waals surface area (Å²) in [7, 11) is 0. The smallest absolute Gasteiger partial charge is 0.252 e. The number of rotatable bonds is 1. The Morgan fingerprint density at radius 1 is 1.31 bits per heavy atom. The van der Waals surface area contributed by atoms with Crippen molar-refractivity contribution in [3.8, 4) is 0 Å². The molecule has 0 aliphatic carbocycles. The van der Waals surface area contributed by atoms with Gasteiger partial charge in [0.05, 0.1) is 5.60 Å². The molecule has 2 N–H and O–H groups in total. The van der Waals surface area contributed by atoms with E-state index in [4.69, 9.17) is 4.74 Å². The fraction of sp³-hybridized carbons (Fsp3) is 0.917. The van der Waals surface area contributed by atoms with Crippen LogP contribution in [0.25, 0.3) is 0 Å². The van der Waals surface area contributed by atoms with Crippen LogP contribution in [0.5, 0.6) is 0 Å². The maximum absolute atomic E-state index is 11.9. The van der Waals surface area contributed by atoms with Gasteiger partial charge in [0.25, 0.3) is 5.91 Å². The Hall–Kier alpha value is -0.610. The first kappa shape index (κ1) is 11.9. The number of morpholine rings is 1. The minimum atomic E-state index is -0.671. The van der Waals surface area contributed by atoms with E-state index < -0.39 is 5.60 Å². The Morgan fingerprint density at radius 3 is 2.50 bits per heavy atom. The molecular weight excluding hydrogens is 204 g/mol. The largest absolute Gasteiger partial charge is 0.357 e. The van der Waals surface area contributed by atoms with Crippen molar-refractivity contribution in [2.45, 2.75) is 44.8 Å². The lowest BCUT2D eigenvalue weighted by Gasteiger charge is -2.49. The molecule has 1 unspecified atom stereocenters. The molecule has 2 fully saturated rings. The third-order valence-corrected chi connectivity index (χ3v) is 4.07. The SMILES string of the molecule is CC(C)C1(C)OC2(CCNCC2)CNC1=O. The maximum atomic E-state index is 11.9. The highest BCUT2D eigenvalue weighted by Crippen LogP contribution is 2.35. The molecular formula is C12H22N2O2. The number of carbonyl (C=O) groups excluding carboxylic acids is 1. The lowest BCUT2D eigenvalue weighted by molar-refractivity contribution is -0.205. The van der Waals surface area contributed by atoms with Crippen LogP contribution in [0.3, 0.4) is 0 Å². The van der Waals surface area contributed by atoms with Gasteiger partial charge in [-0.15, -0.1) is 0 Å². The van der Waals surface area contributed by atoms with E-state index in [9.17, 15) is 4.79 Å². The van der Waals surface area contributed by atoms with E-state index in [0.717, 1.165) is 25.9 Å². The van der Waals surface area contributed by atoms with Crippen LogP contribution in [-0.2, 0) is 9.53 Å². The Bertz CT molecular complexity index is 285. The lowest BCUT2D eigenvalue weighted by Crippen LogP contribution is -2.66. The van der Waals surface area contributed by atoms with Crippen LogP contribution in [0.2, 0.25) is 0 Å². The number of nitrogens with one attached hydrogen (secondary N) is 2. The average Bonchev–Trinajstić information content (AvgIpc) is 2.25. The van der Waals surface area contributed by atoms with Crippen molar-refractivity contribution in [1.29, 1.82) is 0 Å². The highest BCUT2D eigenvalue weighted by Gasteiger charge is 2.50. The highest BCUT2D eigenvalue weighted by molar-refractivity contribution is 5.85. The third kappa shape index (κ3) is 1.84. The fourth-order valence-corrected chi connectivity index (χ4v) is 2.49. The second kappa shape index (κ2) is 4.00. The molecule has 2 aliphatic heterocycles.